The molecule has 0 saturated carbocycles. The van der Waals surface area contributed by atoms with E-state index >= 15 is 0 Å². The first-order valence-corrected chi connectivity index (χ1v) is 8.77. The van der Waals surface area contributed by atoms with Crippen molar-refractivity contribution in [2.24, 2.45) is 0 Å². The summed E-state index contributed by atoms with van der Waals surface area (Å²) < 4.78 is 5.18. The van der Waals surface area contributed by atoms with Crippen LogP contribution in [-0.2, 0) is 4.79 Å². The molecule has 27 heavy (non-hydrogen) atoms. The van der Waals surface area contributed by atoms with Crippen LogP contribution < -0.4 is 15.0 Å². The third-order valence-electron chi connectivity index (χ3n) is 4.24. The van der Waals surface area contributed by atoms with Crippen molar-refractivity contribution in [3.63, 3.8) is 0 Å². The number of benzene rings is 2. The summed E-state index contributed by atoms with van der Waals surface area (Å²) in [7, 11) is 1.45. The second-order valence-electron chi connectivity index (χ2n) is 6.56. The number of nitrogens with zero attached hydrogens (tertiary/aromatic N) is 2. The maximum Gasteiger partial charge on any atom is 0.271 e. The van der Waals surface area contributed by atoms with E-state index in [1.165, 1.54) is 30.9 Å². The summed E-state index contributed by atoms with van der Waals surface area (Å²) in [5.74, 6) is 0.153. The predicted octanol–water partition coefficient (Wildman–Crippen LogP) is 4.16. The van der Waals surface area contributed by atoms with E-state index in [1.54, 1.807) is 0 Å². The molecule has 0 aliphatic carbocycles. The molecule has 0 heterocycles. The number of carbonyl (C=O) groups excluding carboxylic acids is 1. The molecule has 0 unspecified atom stereocenters. The van der Waals surface area contributed by atoms with Gasteiger partial charge in [0.05, 0.1) is 17.7 Å². The van der Waals surface area contributed by atoms with Crippen LogP contribution in [0.3, 0.4) is 0 Å². The van der Waals surface area contributed by atoms with Gasteiger partial charge in [0.1, 0.15) is 5.75 Å². The van der Waals surface area contributed by atoms with Gasteiger partial charge in [-0.15, -0.1) is 0 Å². The van der Waals surface area contributed by atoms with Gasteiger partial charge in [0.15, 0.2) is 0 Å². The average molecular weight is 371 g/mol. The third kappa shape index (κ3) is 5.44. The van der Waals surface area contributed by atoms with Gasteiger partial charge in [-0.2, -0.15) is 0 Å². The number of non-ortho nitro benzene ring substituents is 1. The molecule has 144 valence electrons. The van der Waals surface area contributed by atoms with Gasteiger partial charge in [-0.25, -0.2) is 0 Å². The first kappa shape index (κ1) is 20.2. The second kappa shape index (κ2) is 9.02. The first-order valence-electron chi connectivity index (χ1n) is 8.77. The summed E-state index contributed by atoms with van der Waals surface area (Å²) in [4.78, 5) is 25.0. The molecule has 2 aromatic rings. The van der Waals surface area contributed by atoms with Crippen LogP contribution in [0.15, 0.2) is 42.5 Å². The molecule has 0 radical (unpaired) electrons. The second-order valence-corrected chi connectivity index (χ2v) is 6.56. The molecule has 0 atom stereocenters. The summed E-state index contributed by atoms with van der Waals surface area (Å²) in [6, 6.07) is 12.5. The minimum atomic E-state index is -0.507. The maximum absolute atomic E-state index is 12.4. The van der Waals surface area contributed by atoms with Gasteiger partial charge >= 0.3 is 0 Å². The fourth-order valence-electron chi connectivity index (χ4n) is 2.76. The number of rotatable bonds is 8. The van der Waals surface area contributed by atoms with Crippen molar-refractivity contribution in [2.45, 2.75) is 33.2 Å². The minimum Gasteiger partial charge on any atom is -0.495 e. The normalized spacial score (nSPS) is 10.6. The van der Waals surface area contributed by atoms with E-state index in [0.717, 1.165) is 5.69 Å². The highest BCUT2D eigenvalue weighted by Gasteiger charge is 2.16. The number of amides is 1. The van der Waals surface area contributed by atoms with Crippen LogP contribution in [0.1, 0.15) is 25.8 Å². The number of anilines is 2. The molecule has 1 N–H and O–H groups in total. The van der Waals surface area contributed by atoms with Crippen molar-refractivity contribution in [2.75, 3.05) is 23.9 Å². The van der Waals surface area contributed by atoms with Crippen molar-refractivity contribution in [1.82, 2.24) is 0 Å². The minimum absolute atomic E-state index is 0.102. The van der Waals surface area contributed by atoms with E-state index in [1.807, 2.05) is 31.2 Å². The van der Waals surface area contributed by atoms with Crippen LogP contribution in [0.5, 0.6) is 5.75 Å². The zero-order valence-corrected chi connectivity index (χ0v) is 16.1. The van der Waals surface area contributed by atoms with E-state index < -0.39 is 4.92 Å². The molecule has 0 fully saturated rings. The molecule has 0 aliphatic rings. The van der Waals surface area contributed by atoms with E-state index in [4.69, 9.17) is 4.74 Å². The summed E-state index contributed by atoms with van der Waals surface area (Å²) in [5.41, 5.74) is 2.42. The zero-order chi connectivity index (χ0) is 20.0. The molecule has 2 rings (SSSR count). The Hall–Kier alpha value is -3.09. The van der Waals surface area contributed by atoms with Crippen molar-refractivity contribution in [1.29, 1.82) is 0 Å². The van der Waals surface area contributed by atoms with E-state index in [2.05, 4.69) is 24.1 Å². The summed E-state index contributed by atoms with van der Waals surface area (Å²) in [5, 5.41) is 13.7. The maximum atomic E-state index is 12.4. The van der Waals surface area contributed by atoms with E-state index in [-0.39, 0.29) is 24.1 Å². The number of hydrogen-bond acceptors (Lipinski definition) is 5. The lowest BCUT2D eigenvalue weighted by molar-refractivity contribution is -0.384. The lowest BCUT2D eigenvalue weighted by Crippen LogP contribution is -2.33. The van der Waals surface area contributed by atoms with Crippen LogP contribution in [0, 0.1) is 17.0 Å². The third-order valence-corrected chi connectivity index (χ3v) is 4.24. The Labute approximate surface area is 159 Å². The van der Waals surface area contributed by atoms with Crippen LogP contribution >= 0.6 is 0 Å². The number of carbonyl (C=O) groups is 1. The van der Waals surface area contributed by atoms with Gasteiger partial charge < -0.3 is 15.0 Å². The SMILES string of the molecule is COc1ccc([N+](=O)[O-])cc1NC(=O)CCN(c1ccc(C)cc1)C(C)C. The Morgan fingerprint density at radius 1 is 1.22 bits per heavy atom. The monoisotopic (exact) mass is 371 g/mol. The summed E-state index contributed by atoms with van der Waals surface area (Å²) in [6.07, 6.45) is 0.248. The molecule has 7 nitrogen and oxygen atoms in total. The van der Waals surface area contributed by atoms with Crippen molar-refractivity contribution in [3.05, 3.63) is 58.1 Å². The van der Waals surface area contributed by atoms with Gasteiger partial charge in [0, 0.05) is 36.8 Å². The fraction of sp³-hybridized carbons (Fsp3) is 0.350. The fourth-order valence-corrected chi connectivity index (χ4v) is 2.76. The van der Waals surface area contributed by atoms with Gasteiger partial charge in [-0.05, 0) is 39.0 Å². The predicted molar refractivity (Wildman–Crippen MR) is 107 cm³/mol. The van der Waals surface area contributed by atoms with Gasteiger partial charge in [0.25, 0.3) is 5.69 Å². The Bertz CT molecular complexity index is 803. The lowest BCUT2D eigenvalue weighted by atomic mass is 10.1. The van der Waals surface area contributed by atoms with Gasteiger partial charge in [-0.3, -0.25) is 14.9 Å². The number of hydrogen-bond donors (Lipinski definition) is 1. The largest absolute Gasteiger partial charge is 0.495 e. The molecule has 2 aromatic carbocycles. The number of nitro groups is 1. The van der Waals surface area contributed by atoms with E-state index in [9.17, 15) is 14.9 Å². The number of ether oxygens (including phenoxy) is 1. The molecule has 0 aromatic heterocycles. The molecule has 0 bridgehead atoms. The van der Waals surface area contributed by atoms with Crippen LogP contribution in [0.25, 0.3) is 0 Å². The zero-order valence-electron chi connectivity index (χ0n) is 16.1. The number of nitro benzene ring substituents is 1. The Morgan fingerprint density at radius 2 is 1.89 bits per heavy atom. The standard InChI is InChI=1S/C20H25N3O4/c1-14(2)22(16-7-5-15(3)6-8-16)12-11-20(24)21-18-13-17(23(25)26)9-10-19(18)27-4/h5-10,13-14H,11-12H2,1-4H3,(H,21,24). The quantitative estimate of drug-likeness (QED) is 0.556. The van der Waals surface area contributed by atoms with Gasteiger partial charge in [-0.1, -0.05) is 17.7 Å². The summed E-state index contributed by atoms with van der Waals surface area (Å²) in [6.45, 7) is 6.70. The molecule has 0 aliphatic heterocycles. The first-order chi connectivity index (χ1) is 12.8. The van der Waals surface area contributed by atoms with Crippen molar-refractivity contribution < 1.29 is 14.5 Å². The molecular weight excluding hydrogens is 346 g/mol. The van der Waals surface area contributed by atoms with Crippen LogP contribution in [-0.4, -0.2) is 30.5 Å². The topological polar surface area (TPSA) is 84.7 Å². The number of nitrogens with one attached hydrogen (secondary N) is 1. The molecular formula is C20H25N3O4. The molecule has 7 heteroatoms. The molecule has 1 amide bonds. The van der Waals surface area contributed by atoms with Crippen molar-refractivity contribution >= 4 is 23.0 Å². The highest BCUT2D eigenvalue weighted by atomic mass is 16.6. The Balaban J connectivity index is 2.07. The smallest absolute Gasteiger partial charge is 0.271 e. The van der Waals surface area contributed by atoms with Crippen LogP contribution in [0.2, 0.25) is 0 Å². The molecule has 0 saturated heterocycles. The number of methoxy groups -OCH3 is 1. The highest BCUT2D eigenvalue weighted by Crippen LogP contribution is 2.29. The van der Waals surface area contributed by atoms with E-state index in [0.29, 0.717) is 18.0 Å². The Morgan fingerprint density at radius 3 is 2.44 bits per heavy atom. The average Bonchev–Trinajstić information content (AvgIpc) is 2.63. The lowest BCUT2D eigenvalue weighted by Gasteiger charge is -2.29. The van der Waals surface area contributed by atoms with Gasteiger partial charge in [0.2, 0.25) is 5.91 Å². The highest BCUT2D eigenvalue weighted by molar-refractivity contribution is 5.93. The Kier molecular flexibility index (Phi) is 6.76. The summed E-state index contributed by atoms with van der Waals surface area (Å²) >= 11 is 0. The number of aryl methyl sites for hydroxylation is 1. The molecule has 0 spiro atoms. The van der Waals surface area contributed by atoms with Crippen molar-refractivity contribution in [3.8, 4) is 5.75 Å². The van der Waals surface area contributed by atoms with Crippen LogP contribution in [0.4, 0.5) is 17.1 Å².